The van der Waals surface area contributed by atoms with E-state index in [9.17, 15) is 9.59 Å². The Morgan fingerprint density at radius 1 is 1.16 bits per heavy atom. The van der Waals surface area contributed by atoms with Crippen molar-refractivity contribution in [3.63, 3.8) is 0 Å². The van der Waals surface area contributed by atoms with Gasteiger partial charge in [-0.1, -0.05) is 52.8 Å². The van der Waals surface area contributed by atoms with E-state index in [1.54, 1.807) is 6.07 Å². The largest absolute Gasteiger partial charge is 0.428 e. The molecule has 0 aliphatic heterocycles. The summed E-state index contributed by atoms with van der Waals surface area (Å²) in [5.74, 6) is 0.711. The van der Waals surface area contributed by atoms with Crippen LogP contribution in [0.4, 0.5) is 0 Å². The predicted octanol–water partition coefficient (Wildman–Crippen LogP) is 3.50. The van der Waals surface area contributed by atoms with Gasteiger partial charge in [-0.05, 0) is 6.07 Å². The molecule has 0 N–H and O–H groups in total. The second-order valence-electron chi connectivity index (χ2n) is 6.44. The van der Waals surface area contributed by atoms with Crippen molar-refractivity contribution in [3.8, 4) is 5.75 Å². The molecular weight excluding hydrogens is 240 g/mol. The Bertz CT molecular complexity index is 467. The average molecular weight is 262 g/mol. The average Bonchev–Trinajstić information content (AvgIpc) is 2.28. The van der Waals surface area contributed by atoms with Crippen molar-refractivity contribution < 1.29 is 14.3 Å². The van der Waals surface area contributed by atoms with E-state index >= 15 is 0 Å². The molecule has 0 aliphatic carbocycles. The van der Waals surface area contributed by atoms with Gasteiger partial charge < -0.3 is 4.74 Å². The van der Waals surface area contributed by atoms with Gasteiger partial charge in [0.15, 0.2) is 0 Å². The number of carbonyl (C=O) groups excluding carboxylic acids is 2. The first-order valence-electron chi connectivity index (χ1n) is 6.41. The van der Waals surface area contributed by atoms with E-state index in [2.05, 4.69) is 0 Å². The highest BCUT2D eigenvalue weighted by atomic mass is 16.5. The summed E-state index contributed by atoms with van der Waals surface area (Å²) in [6.45, 7) is 10.1. The van der Waals surface area contributed by atoms with Gasteiger partial charge in [-0.3, -0.25) is 9.59 Å². The van der Waals surface area contributed by atoms with Gasteiger partial charge in [-0.2, -0.15) is 0 Å². The van der Waals surface area contributed by atoms with E-state index < -0.39 is 0 Å². The smallest absolute Gasteiger partial charge is 0.298 e. The molecule has 0 fully saturated rings. The topological polar surface area (TPSA) is 43.4 Å². The van der Waals surface area contributed by atoms with Crippen molar-refractivity contribution >= 4 is 12.3 Å². The fourth-order valence-electron chi connectivity index (χ4n) is 1.94. The molecule has 0 amide bonds. The van der Waals surface area contributed by atoms with Crippen molar-refractivity contribution in [2.45, 2.75) is 46.5 Å². The molecule has 0 unspecified atom stereocenters. The van der Waals surface area contributed by atoms with Crippen molar-refractivity contribution in [2.75, 3.05) is 0 Å². The number of rotatable bonds is 5. The Hall–Kier alpha value is -1.64. The quantitative estimate of drug-likeness (QED) is 0.763. The lowest BCUT2D eigenvalue weighted by Gasteiger charge is -2.29. The van der Waals surface area contributed by atoms with Crippen molar-refractivity contribution in [2.24, 2.45) is 5.41 Å². The molecule has 0 heterocycles. The Kier molecular flexibility index (Phi) is 4.51. The highest BCUT2D eigenvalue weighted by molar-refractivity contribution is 5.85. The Morgan fingerprint density at radius 2 is 1.74 bits per heavy atom. The Morgan fingerprint density at radius 3 is 2.26 bits per heavy atom. The van der Waals surface area contributed by atoms with E-state index in [1.165, 1.54) is 0 Å². The van der Waals surface area contributed by atoms with E-state index in [4.69, 9.17) is 4.74 Å². The van der Waals surface area contributed by atoms with E-state index in [0.29, 0.717) is 18.6 Å². The maximum atomic E-state index is 12.2. The normalized spacial score (nSPS) is 12.1. The molecule has 1 rings (SSSR count). The molecule has 3 nitrogen and oxygen atoms in total. The van der Waals surface area contributed by atoms with Crippen molar-refractivity contribution in [3.05, 3.63) is 29.8 Å². The lowest BCUT2D eigenvalue weighted by atomic mass is 9.75. The number of Topliss-reactive ketones (excluding diaryl/α,β-unsaturated/α-hetero) is 1. The molecule has 0 spiro atoms. The summed E-state index contributed by atoms with van der Waals surface area (Å²) in [6, 6.07) is 7.34. The number of carbonyl (C=O) groups is 2. The summed E-state index contributed by atoms with van der Waals surface area (Å²) in [5, 5.41) is 0. The van der Waals surface area contributed by atoms with Gasteiger partial charge >= 0.3 is 0 Å². The number of ether oxygens (including phenoxy) is 1. The van der Waals surface area contributed by atoms with Gasteiger partial charge in [0.05, 0.1) is 0 Å². The number of ketones is 1. The van der Waals surface area contributed by atoms with Crippen LogP contribution in [0.25, 0.3) is 0 Å². The SMILES string of the molecule is CC(C)(C)C(=O)CC(C)(C)c1ccccc1OC=O. The van der Waals surface area contributed by atoms with Gasteiger partial charge in [0.2, 0.25) is 0 Å². The third-order valence-corrected chi connectivity index (χ3v) is 3.23. The number of benzene rings is 1. The molecule has 0 aliphatic rings. The zero-order valence-corrected chi connectivity index (χ0v) is 12.3. The van der Waals surface area contributed by atoms with Crippen LogP contribution in [0, 0.1) is 5.41 Å². The summed E-state index contributed by atoms with van der Waals surface area (Å²) in [4.78, 5) is 22.8. The zero-order valence-electron chi connectivity index (χ0n) is 12.3. The minimum Gasteiger partial charge on any atom is -0.428 e. The Labute approximate surface area is 115 Å². The van der Waals surface area contributed by atoms with Gasteiger partial charge in [0.1, 0.15) is 11.5 Å². The standard InChI is InChI=1S/C16H22O3/c1-15(2,3)14(18)10-16(4,5)12-8-6-7-9-13(12)19-11-17/h6-9,11H,10H2,1-5H3. The van der Waals surface area contributed by atoms with Crippen LogP contribution in [0.1, 0.15) is 46.6 Å². The lowest BCUT2D eigenvalue weighted by Crippen LogP contribution is -2.29. The second-order valence-corrected chi connectivity index (χ2v) is 6.44. The fourth-order valence-corrected chi connectivity index (χ4v) is 1.94. The maximum Gasteiger partial charge on any atom is 0.298 e. The summed E-state index contributed by atoms with van der Waals surface area (Å²) in [6.07, 6.45) is 0.412. The first-order chi connectivity index (χ1) is 8.68. The molecule has 104 valence electrons. The van der Waals surface area contributed by atoms with Gasteiger partial charge in [0, 0.05) is 22.8 Å². The number of para-hydroxylation sites is 1. The van der Waals surface area contributed by atoms with Crippen LogP contribution >= 0.6 is 0 Å². The number of hydrogen-bond donors (Lipinski definition) is 0. The molecular formula is C16H22O3. The van der Waals surface area contributed by atoms with Crippen LogP contribution in [-0.4, -0.2) is 12.3 Å². The molecule has 0 aromatic heterocycles. The zero-order chi connectivity index (χ0) is 14.7. The third kappa shape index (κ3) is 3.91. The van der Waals surface area contributed by atoms with E-state index in [0.717, 1.165) is 5.56 Å². The first kappa shape index (κ1) is 15.4. The molecule has 0 saturated heterocycles. The summed E-state index contributed by atoms with van der Waals surface area (Å²) < 4.78 is 5.00. The second kappa shape index (κ2) is 5.55. The van der Waals surface area contributed by atoms with Crippen LogP contribution in [0.3, 0.4) is 0 Å². The molecule has 3 heteroatoms. The molecule has 0 radical (unpaired) electrons. The van der Waals surface area contributed by atoms with Crippen molar-refractivity contribution in [1.82, 2.24) is 0 Å². The minimum absolute atomic E-state index is 0.193. The third-order valence-electron chi connectivity index (χ3n) is 3.23. The van der Waals surface area contributed by atoms with E-state index in [1.807, 2.05) is 52.8 Å². The molecule has 1 aromatic rings. The first-order valence-corrected chi connectivity index (χ1v) is 6.41. The van der Waals surface area contributed by atoms with E-state index in [-0.39, 0.29) is 16.6 Å². The highest BCUT2D eigenvalue weighted by Gasteiger charge is 2.32. The molecule has 0 bridgehead atoms. The number of hydrogen-bond acceptors (Lipinski definition) is 3. The molecule has 1 aromatic carbocycles. The van der Waals surface area contributed by atoms with Crippen LogP contribution in [0.2, 0.25) is 0 Å². The summed E-state index contributed by atoms with van der Waals surface area (Å²) >= 11 is 0. The summed E-state index contributed by atoms with van der Waals surface area (Å²) in [5.41, 5.74) is 0.140. The predicted molar refractivity (Wildman–Crippen MR) is 75.2 cm³/mol. The summed E-state index contributed by atoms with van der Waals surface area (Å²) in [7, 11) is 0. The molecule has 0 saturated carbocycles. The monoisotopic (exact) mass is 262 g/mol. The van der Waals surface area contributed by atoms with Crippen molar-refractivity contribution in [1.29, 1.82) is 0 Å². The van der Waals surface area contributed by atoms with Crippen LogP contribution in [-0.2, 0) is 15.0 Å². The minimum atomic E-state index is -0.371. The fraction of sp³-hybridized carbons (Fsp3) is 0.500. The lowest BCUT2D eigenvalue weighted by molar-refractivity contribution is -0.127. The molecule has 19 heavy (non-hydrogen) atoms. The van der Waals surface area contributed by atoms with Crippen LogP contribution < -0.4 is 4.74 Å². The highest BCUT2D eigenvalue weighted by Crippen LogP contribution is 2.36. The van der Waals surface area contributed by atoms with Crippen LogP contribution in [0.5, 0.6) is 5.75 Å². The molecule has 0 atom stereocenters. The van der Waals surface area contributed by atoms with Gasteiger partial charge in [0.25, 0.3) is 6.47 Å². The Balaban J connectivity index is 3.06. The van der Waals surface area contributed by atoms with Crippen LogP contribution in [0.15, 0.2) is 24.3 Å². The maximum absolute atomic E-state index is 12.2. The van der Waals surface area contributed by atoms with Gasteiger partial charge in [-0.15, -0.1) is 0 Å². The van der Waals surface area contributed by atoms with Gasteiger partial charge in [-0.25, -0.2) is 0 Å².